The van der Waals surface area contributed by atoms with Gasteiger partial charge in [0.1, 0.15) is 6.54 Å². The highest BCUT2D eigenvalue weighted by molar-refractivity contribution is 5.95. The molecule has 2 N–H and O–H groups in total. The van der Waals surface area contributed by atoms with Crippen molar-refractivity contribution >= 4 is 22.8 Å². The van der Waals surface area contributed by atoms with Crippen molar-refractivity contribution in [1.82, 2.24) is 9.88 Å². The molecule has 0 unspecified atom stereocenters. The average Bonchev–Trinajstić information content (AvgIpc) is 2.54. The van der Waals surface area contributed by atoms with Crippen LogP contribution < -0.4 is 10.9 Å². The number of nitrogens with one attached hydrogen (secondary N) is 1. The Kier molecular flexibility index (Phi) is 5.16. The number of aromatic nitrogens is 1. The van der Waals surface area contributed by atoms with Gasteiger partial charge in [0.05, 0.1) is 11.1 Å². The van der Waals surface area contributed by atoms with Gasteiger partial charge < -0.3 is 10.4 Å². The average molecular weight is 316 g/mol. The molecule has 0 bridgehead atoms. The van der Waals surface area contributed by atoms with E-state index in [1.807, 2.05) is 13.8 Å². The van der Waals surface area contributed by atoms with Gasteiger partial charge in [0, 0.05) is 12.6 Å². The first-order valence-corrected chi connectivity index (χ1v) is 7.64. The van der Waals surface area contributed by atoms with Crippen LogP contribution in [0.25, 0.3) is 10.9 Å². The van der Waals surface area contributed by atoms with Crippen LogP contribution in [-0.4, -0.2) is 28.1 Å². The van der Waals surface area contributed by atoms with Gasteiger partial charge >= 0.3 is 5.97 Å². The largest absolute Gasteiger partial charge is 0.478 e. The van der Waals surface area contributed by atoms with Crippen LogP contribution in [0, 0.1) is 0 Å². The Balaban J connectivity index is 2.59. The van der Waals surface area contributed by atoms with Gasteiger partial charge in [0.15, 0.2) is 0 Å². The van der Waals surface area contributed by atoms with Gasteiger partial charge in [0.25, 0.3) is 5.56 Å². The molecule has 1 heterocycles. The predicted octanol–water partition coefficient (Wildman–Crippen LogP) is 1.79. The lowest BCUT2D eigenvalue weighted by molar-refractivity contribution is -0.121. The fourth-order valence-electron chi connectivity index (χ4n) is 2.55. The Morgan fingerprint density at radius 1 is 1.22 bits per heavy atom. The Morgan fingerprint density at radius 3 is 2.57 bits per heavy atom. The van der Waals surface area contributed by atoms with Crippen LogP contribution >= 0.6 is 0 Å². The van der Waals surface area contributed by atoms with Crippen LogP contribution in [0.15, 0.2) is 29.1 Å². The molecule has 0 spiro atoms. The van der Waals surface area contributed by atoms with E-state index < -0.39 is 5.97 Å². The molecule has 0 aliphatic rings. The molecule has 2 aromatic rings. The van der Waals surface area contributed by atoms with E-state index in [0.29, 0.717) is 23.9 Å². The monoisotopic (exact) mass is 316 g/mol. The smallest absolute Gasteiger partial charge is 0.335 e. The molecule has 0 atom stereocenters. The molecule has 0 aliphatic carbocycles. The van der Waals surface area contributed by atoms with Crippen molar-refractivity contribution in [3.8, 4) is 0 Å². The number of carboxylic acids is 1. The van der Waals surface area contributed by atoms with Crippen LogP contribution in [-0.2, 0) is 17.8 Å². The summed E-state index contributed by atoms with van der Waals surface area (Å²) in [4.78, 5) is 35.4. The number of hydrogen-bond acceptors (Lipinski definition) is 3. The molecular weight excluding hydrogens is 296 g/mol. The van der Waals surface area contributed by atoms with E-state index in [1.54, 1.807) is 12.1 Å². The molecule has 1 aromatic heterocycles. The quantitative estimate of drug-likeness (QED) is 0.850. The number of hydrogen-bond donors (Lipinski definition) is 2. The minimum Gasteiger partial charge on any atom is -0.478 e. The number of aryl methyl sites for hydroxylation is 1. The van der Waals surface area contributed by atoms with E-state index in [2.05, 4.69) is 5.32 Å². The van der Waals surface area contributed by atoms with Crippen LogP contribution in [0.2, 0.25) is 0 Å². The maximum Gasteiger partial charge on any atom is 0.335 e. The van der Waals surface area contributed by atoms with Gasteiger partial charge in [-0.1, -0.05) is 13.8 Å². The molecule has 0 saturated carbocycles. The molecule has 122 valence electrons. The highest BCUT2D eigenvalue weighted by Gasteiger charge is 2.14. The normalized spacial score (nSPS) is 10.7. The molecule has 23 heavy (non-hydrogen) atoms. The molecular formula is C17H20N2O4. The predicted molar refractivity (Wildman–Crippen MR) is 87.8 cm³/mol. The number of benzene rings is 1. The van der Waals surface area contributed by atoms with Crippen molar-refractivity contribution in [1.29, 1.82) is 0 Å². The third kappa shape index (κ3) is 3.59. The highest BCUT2D eigenvalue weighted by Crippen LogP contribution is 2.21. The van der Waals surface area contributed by atoms with Gasteiger partial charge in [-0.3, -0.25) is 14.2 Å². The maximum absolute atomic E-state index is 12.2. The lowest BCUT2D eigenvalue weighted by Crippen LogP contribution is -2.32. The fourth-order valence-corrected chi connectivity index (χ4v) is 2.55. The topological polar surface area (TPSA) is 88.4 Å². The Labute approximate surface area is 133 Å². The zero-order chi connectivity index (χ0) is 17.0. The minimum absolute atomic E-state index is 0.0738. The van der Waals surface area contributed by atoms with Crippen molar-refractivity contribution in [3.63, 3.8) is 0 Å². The third-order valence-electron chi connectivity index (χ3n) is 3.66. The van der Waals surface area contributed by atoms with Gasteiger partial charge in [-0.15, -0.1) is 0 Å². The summed E-state index contributed by atoms with van der Waals surface area (Å²) in [7, 11) is 0. The maximum atomic E-state index is 12.2. The summed E-state index contributed by atoms with van der Waals surface area (Å²) in [6, 6.07) is 6.05. The summed E-state index contributed by atoms with van der Waals surface area (Å²) in [5, 5.41) is 12.6. The summed E-state index contributed by atoms with van der Waals surface area (Å²) < 4.78 is 1.41. The second kappa shape index (κ2) is 7.09. The molecule has 0 radical (unpaired) electrons. The van der Waals surface area contributed by atoms with Gasteiger partial charge in [-0.05, 0) is 42.0 Å². The molecule has 0 aliphatic heterocycles. The van der Waals surface area contributed by atoms with Crippen molar-refractivity contribution in [2.75, 3.05) is 6.54 Å². The van der Waals surface area contributed by atoms with Gasteiger partial charge in [-0.2, -0.15) is 0 Å². The third-order valence-corrected chi connectivity index (χ3v) is 3.66. The second-order valence-corrected chi connectivity index (χ2v) is 5.34. The van der Waals surface area contributed by atoms with E-state index in [9.17, 15) is 19.5 Å². The van der Waals surface area contributed by atoms with E-state index >= 15 is 0 Å². The van der Waals surface area contributed by atoms with E-state index in [-0.39, 0.29) is 23.6 Å². The Morgan fingerprint density at radius 2 is 1.96 bits per heavy atom. The van der Waals surface area contributed by atoms with Crippen LogP contribution in [0.5, 0.6) is 0 Å². The molecule has 1 aromatic carbocycles. The SMILES string of the molecule is CCCNC(=O)Cn1c(=O)ccc2cc(C(=O)O)cc(CC)c21. The second-order valence-electron chi connectivity index (χ2n) is 5.34. The number of amides is 1. The molecule has 1 amide bonds. The zero-order valence-electron chi connectivity index (χ0n) is 13.3. The first-order chi connectivity index (χ1) is 11.0. The van der Waals surface area contributed by atoms with Crippen molar-refractivity contribution in [2.24, 2.45) is 0 Å². The first kappa shape index (κ1) is 16.7. The van der Waals surface area contributed by atoms with Crippen LogP contribution in [0.1, 0.15) is 36.2 Å². The van der Waals surface area contributed by atoms with Gasteiger partial charge in [0.2, 0.25) is 5.91 Å². The number of pyridine rings is 1. The molecule has 0 fully saturated rings. The summed E-state index contributed by atoms with van der Waals surface area (Å²) in [5.41, 5.74) is 1.26. The van der Waals surface area contributed by atoms with Crippen molar-refractivity contribution in [3.05, 3.63) is 45.7 Å². The number of rotatable bonds is 6. The van der Waals surface area contributed by atoms with E-state index in [0.717, 1.165) is 12.0 Å². The first-order valence-electron chi connectivity index (χ1n) is 7.64. The fraction of sp³-hybridized carbons (Fsp3) is 0.353. The lowest BCUT2D eigenvalue weighted by Gasteiger charge is -2.14. The summed E-state index contributed by atoms with van der Waals surface area (Å²) in [6.45, 7) is 4.32. The van der Waals surface area contributed by atoms with Crippen molar-refractivity contribution < 1.29 is 14.7 Å². The molecule has 6 heteroatoms. The number of carboxylic acid groups (broad SMARTS) is 1. The summed E-state index contributed by atoms with van der Waals surface area (Å²) >= 11 is 0. The van der Waals surface area contributed by atoms with Crippen LogP contribution in [0.3, 0.4) is 0 Å². The minimum atomic E-state index is -1.01. The van der Waals surface area contributed by atoms with Crippen LogP contribution in [0.4, 0.5) is 0 Å². The number of fused-ring (bicyclic) bond motifs is 1. The zero-order valence-corrected chi connectivity index (χ0v) is 13.3. The number of aromatic carboxylic acids is 1. The Hall–Kier alpha value is -2.63. The summed E-state index contributed by atoms with van der Waals surface area (Å²) in [5.74, 6) is -1.24. The van der Waals surface area contributed by atoms with E-state index in [4.69, 9.17) is 0 Å². The molecule has 0 saturated heterocycles. The highest BCUT2D eigenvalue weighted by atomic mass is 16.4. The lowest BCUT2D eigenvalue weighted by atomic mass is 10.0. The summed E-state index contributed by atoms with van der Waals surface area (Å²) in [6.07, 6.45) is 1.38. The Bertz CT molecular complexity index is 808. The number of carbonyl (C=O) groups excluding carboxylic acids is 1. The van der Waals surface area contributed by atoms with Gasteiger partial charge in [-0.25, -0.2) is 4.79 Å². The standard InChI is InChI=1S/C17H20N2O4/c1-3-7-18-14(20)10-19-15(21)6-5-12-9-13(17(22)23)8-11(4-2)16(12)19/h5-6,8-9H,3-4,7,10H2,1-2H3,(H,18,20)(H,22,23). The number of carbonyl (C=O) groups is 2. The number of nitrogens with zero attached hydrogens (tertiary/aromatic N) is 1. The molecule has 2 rings (SSSR count). The molecule has 6 nitrogen and oxygen atoms in total. The van der Waals surface area contributed by atoms with Crippen molar-refractivity contribution in [2.45, 2.75) is 33.2 Å². The van der Waals surface area contributed by atoms with E-state index in [1.165, 1.54) is 16.7 Å².